The highest BCUT2D eigenvalue weighted by Crippen LogP contribution is 2.19. The molecule has 1 aromatic heterocycles. The molecule has 0 atom stereocenters. The molecule has 0 amide bonds. The standard InChI is InChI=1S/C15H18FN5/c1-11-10-14(19-13-4-2-12(16)3-5-13)20-15(18-11)21-8-6-17-7-9-21/h2-5,10,17H,6-9H2,1H3,(H,18,19,20). The lowest BCUT2D eigenvalue weighted by atomic mass is 10.3. The van der Waals surface area contributed by atoms with E-state index < -0.39 is 0 Å². The maximum Gasteiger partial charge on any atom is 0.227 e. The summed E-state index contributed by atoms with van der Waals surface area (Å²) >= 11 is 0. The molecule has 1 aromatic carbocycles. The predicted octanol–water partition coefficient (Wildman–Crippen LogP) is 2.08. The van der Waals surface area contributed by atoms with E-state index in [1.54, 1.807) is 12.1 Å². The zero-order valence-electron chi connectivity index (χ0n) is 11.9. The van der Waals surface area contributed by atoms with Crippen LogP contribution in [0.15, 0.2) is 30.3 Å². The van der Waals surface area contributed by atoms with Crippen LogP contribution < -0.4 is 15.5 Å². The van der Waals surface area contributed by atoms with Crippen LogP contribution in [0.3, 0.4) is 0 Å². The van der Waals surface area contributed by atoms with Gasteiger partial charge in [-0.2, -0.15) is 4.98 Å². The zero-order valence-corrected chi connectivity index (χ0v) is 11.9. The fourth-order valence-electron chi connectivity index (χ4n) is 2.30. The fraction of sp³-hybridized carbons (Fsp3) is 0.333. The Bertz CT molecular complexity index is 608. The van der Waals surface area contributed by atoms with Crippen LogP contribution in [0.25, 0.3) is 0 Å². The molecule has 1 aliphatic heterocycles. The summed E-state index contributed by atoms with van der Waals surface area (Å²) in [7, 11) is 0. The van der Waals surface area contributed by atoms with E-state index in [0.29, 0.717) is 0 Å². The van der Waals surface area contributed by atoms with Gasteiger partial charge in [0.15, 0.2) is 0 Å². The van der Waals surface area contributed by atoms with Crippen LogP contribution in [-0.4, -0.2) is 36.1 Å². The van der Waals surface area contributed by atoms with Crippen molar-refractivity contribution in [1.29, 1.82) is 0 Å². The number of nitrogens with one attached hydrogen (secondary N) is 2. The van der Waals surface area contributed by atoms with Gasteiger partial charge in [0.05, 0.1) is 0 Å². The molecule has 0 bridgehead atoms. The van der Waals surface area contributed by atoms with Crippen LogP contribution in [0.5, 0.6) is 0 Å². The van der Waals surface area contributed by atoms with Crippen molar-refractivity contribution in [3.63, 3.8) is 0 Å². The lowest BCUT2D eigenvalue weighted by molar-refractivity contribution is 0.579. The molecule has 5 nitrogen and oxygen atoms in total. The number of hydrogen-bond acceptors (Lipinski definition) is 5. The topological polar surface area (TPSA) is 53.1 Å². The largest absolute Gasteiger partial charge is 0.340 e. The summed E-state index contributed by atoms with van der Waals surface area (Å²) in [5, 5.41) is 6.50. The first-order valence-corrected chi connectivity index (χ1v) is 7.05. The maximum absolute atomic E-state index is 12.9. The lowest BCUT2D eigenvalue weighted by Crippen LogP contribution is -2.44. The van der Waals surface area contributed by atoms with E-state index >= 15 is 0 Å². The van der Waals surface area contributed by atoms with E-state index in [1.165, 1.54) is 12.1 Å². The Morgan fingerprint density at radius 1 is 1.14 bits per heavy atom. The summed E-state index contributed by atoms with van der Waals surface area (Å²) < 4.78 is 12.9. The molecule has 0 unspecified atom stereocenters. The molecular formula is C15H18FN5. The molecule has 0 spiro atoms. The van der Waals surface area contributed by atoms with E-state index in [2.05, 4.69) is 25.5 Å². The van der Waals surface area contributed by atoms with Crippen molar-refractivity contribution in [3.05, 3.63) is 41.8 Å². The number of hydrogen-bond donors (Lipinski definition) is 2. The van der Waals surface area contributed by atoms with Gasteiger partial charge in [0.2, 0.25) is 5.95 Å². The predicted molar refractivity (Wildman–Crippen MR) is 81.5 cm³/mol. The molecule has 0 saturated carbocycles. The molecule has 1 aliphatic rings. The van der Waals surface area contributed by atoms with Gasteiger partial charge in [-0.1, -0.05) is 0 Å². The third-order valence-electron chi connectivity index (χ3n) is 3.36. The van der Waals surface area contributed by atoms with Crippen molar-refractivity contribution in [1.82, 2.24) is 15.3 Å². The van der Waals surface area contributed by atoms with Crippen molar-refractivity contribution in [2.24, 2.45) is 0 Å². The minimum atomic E-state index is -0.249. The number of benzene rings is 1. The van der Waals surface area contributed by atoms with Gasteiger partial charge in [-0.25, -0.2) is 9.37 Å². The zero-order chi connectivity index (χ0) is 14.7. The minimum Gasteiger partial charge on any atom is -0.340 e. The van der Waals surface area contributed by atoms with Crippen LogP contribution >= 0.6 is 0 Å². The second kappa shape index (κ2) is 6.05. The Hall–Kier alpha value is -2.21. The van der Waals surface area contributed by atoms with Gasteiger partial charge < -0.3 is 15.5 Å². The third kappa shape index (κ3) is 3.46. The molecule has 2 aromatic rings. The molecule has 110 valence electrons. The van der Waals surface area contributed by atoms with Crippen molar-refractivity contribution in [2.45, 2.75) is 6.92 Å². The number of aromatic nitrogens is 2. The summed E-state index contributed by atoms with van der Waals surface area (Å²) in [6.45, 7) is 5.64. The van der Waals surface area contributed by atoms with Crippen LogP contribution in [-0.2, 0) is 0 Å². The summed E-state index contributed by atoms with van der Waals surface area (Å²) in [6.07, 6.45) is 0. The molecule has 6 heteroatoms. The molecule has 2 N–H and O–H groups in total. The molecular weight excluding hydrogens is 269 g/mol. The number of nitrogens with zero attached hydrogens (tertiary/aromatic N) is 3. The summed E-state index contributed by atoms with van der Waals surface area (Å²) in [5.41, 5.74) is 1.71. The molecule has 0 radical (unpaired) electrons. The average Bonchev–Trinajstić information content (AvgIpc) is 2.50. The van der Waals surface area contributed by atoms with Gasteiger partial charge in [-0.05, 0) is 31.2 Å². The highest BCUT2D eigenvalue weighted by atomic mass is 19.1. The highest BCUT2D eigenvalue weighted by Gasteiger charge is 2.14. The Balaban J connectivity index is 1.81. The normalized spacial score (nSPS) is 15.0. The SMILES string of the molecule is Cc1cc(Nc2ccc(F)cc2)nc(N2CCNCC2)n1. The summed E-state index contributed by atoms with van der Waals surface area (Å²) in [6, 6.07) is 8.12. The van der Waals surface area contributed by atoms with Gasteiger partial charge in [0.1, 0.15) is 11.6 Å². The smallest absolute Gasteiger partial charge is 0.227 e. The Kier molecular flexibility index (Phi) is 3.96. The second-order valence-corrected chi connectivity index (χ2v) is 5.06. The minimum absolute atomic E-state index is 0.249. The number of anilines is 3. The summed E-state index contributed by atoms with van der Waals surface area (Å²) in [5.74, 6) is 1.21. The molecule has 3 rings (SSSR count). The van der Waals surface area contributed by atoms with E-state index in [4.69, 9.17) is 0 Å². The lowest BCUT2D eigenvalue weighted by Gasteiger charge is -2.27. The van der Waals surface area contributed by atoms with Crippen molar-refractivity contribution >= 4 is 17.5 Å². The molecule has 21 heavy (non-hydrogen) atoms. The maximum atomic E-state index is 12.9. The quantitative estimate of drug-likeness (QED) is 0.905. The Morgan fingerprint density at radius 3 is 2.57 bits per heavy atom. The van der Waals surface area contributed by atoms with Crippen molar-refractivity contribution in [3.8, 4) is 0 Å². The van der Waals surface area contributed by atoms with E-state index in [9.17, 15) is 4.39 Å². The van der Waals surface area contributed by atoms with Gasteiger partial charge in [0.25, 0.3) is 0 Å². The number of aryl methyl sites for hydroxylation is 1. The Morgan fingerprint density at radius 2 is 1.86 bits per heavy atom. The number of rotatable bonds is 3. The van der Waals surface area contributed by atoms with Crippen LogP contribution in [0.1, 0.15) is 5.69 Å². The highest BCUT2D eigenvalue weighted by molar-refractivity contribution is 5.57. The van der Waals surface area contributed by atoms with E-state index in [0.717, 1.165) is 49.3 Å². The first-order valence-electron chi connectivity index (χ1n) is 7.05. The van der Waals surface area contributed by atoms with E-state index in [1.807, 2.05) is 13.0 Å². The van der Waals surface area contributed by atoms with Crippen LogP contribution in [0, 0.1) is 12.7 Å². The van der Waals surface area contributed by atoms with E-state index in [-0.39, 0.29) is 5.82 Å². The van der Waals surface area contributed by atoms with Gasteiger partial charge in [-0.15, -0.1) is 0 Å². The van der Waals surface area contributed by atoms with Gasteiger partial charge in [0, 0.05) is 43.6 Å². The van der Waals surface area contributed by atoms with Crippen molar-refractivity contribution in [2.75, 3.05) is 36.4 Å². The van der Waals surface area contributed by atoms with Crippen LogP contribution in [0.2, 0.25) is 0 Å². The van der Waals surface area contributed by atoms with Gasteiger partial charge in [-0.3, -0.25) is 0 Å². The van der Waals surface area contributed by atoms with Crippen LogP contribution in [0.4, 0.5) is 21.8 Å². The molecule has 2 heterocycles. The van der Waals surface area contributed by atoms with Crippen molar-refractivity contribution < 1.29 is 4.39 Å². The summed E-state index contributed by atoms with van der Waals surface area (Å²) in [4.78, 5) is 11.2. The molecule has 0 aliphatic carbocycles. The average molecular weight is 287 g/mol. The monoisotopic (exact) mass is 287 g/mol. The Labute approximate surface area is 123 Å². The molecule has 1 saturated heterocycles. The third-order valence-corrected chi connectivity index (χ3v) is 3.36. The second-order valence-electron chi connectivity index (χ2n) is 5.06. The van der Waals surface area contributed by atoms with Gasteiger partial charge >= 0.3 is 0 Å². The fourth-order valence-corrected chi connectivity index (χ4v) is 2.30. The molecule has 1 fully saturated rings. The number of piperazine rings is 1. The first-order chi connectivity index (χ1) is 10.2. The number of halogens is 1. The first kappa shape index (κ1) is 13.8.